The van der Waals surface area contributed by atoms with Crippen LogP contribution >= 0.6 is 23.4 Å². The molecule has 2 aromatic carbocycles. The van der Waals surface area contributed by atoms with Crippen molar-refractivity contribution < 1.29 is 14.0 Å². The van der Waals surface area contributed by atoms with Gasteiger partial charge in [-0.15, -0.1) is 0 Å². The lowest BCUT2D eigenvalue weighted by Gasteiger charge is -2.12. The number of nitrogens with zero attached hydrogens (tertiary/aromatic N) is 1. The molecule has 0 aromatic heterocycles. The van der Waals surface area contributed by atoms with Gasteiger partial charge in [0.05, 0.1) is 15.6 Å². The summed E-state index contributed by atoms with van der Waals surface area (Å²) in [6.07, 6.45) is 5.13. The Labute approximate surface area is 147 Å². The summed E-state index contributed by atoms with van der Waals surface area (Å²) < 4.78 is 13.2. The maximum absolute atomic E-state index is 13.2. The fourth-order valence-electron chi connectivity index (χ4n) is 2.14. The first-order valence-electron chi connectivity index (χ1n) is 7.01. The van der Waals surface area contributed by atoms with Crippen LogP contribution in [-0.4, -0.2) is 11.1 Å². The molecule has 1 aliphatic heterocycles. The molecule has 3 nitrogen and oxygen atoms in total. The van der Waals surface area contributed by atoms with Crippen molar-refractivity contribution in [2.45, 2.75) is 0 Å². The maximum Gasteiger partial charge on any atom is 0.298 e. The first-order chi connectivity index (χ1) is 11.6. The number of carbonyl (C=O) groups excluding carboxylic acids is 2. The summed E-state index contributed by atoms with van der Waals surface area (Å²) in [6.45, 7) is 0. The first kappa shape index (κ1) is 16.5. The largest absolute Gasteiger partial charge is 0.298 e. The molecule has 0 aliphatic carbocycles. The van der Waals surface area contributed by atoms with E-state index in [1.807, 2.05) is 36.4 Å². The molecule has 0 bridgehead atoms. The summed E-state index contributed by atoms with van der Waals surface area (Å²) in [6, 6.07) is 13.3. The van der Waals surface area contributed by atoms with Crippen LogP contribution in [0.5, 0.6) is 0 Å². The third-order valence-electron chi connectivity index (χ3n) is 3.29. The highest BCUT2D eigenvalue weighted by Crippen LogP contribution is 2.35. The van der Waals surface area contributed by atoms with E-state index in [9.17, 15) is 14.0 Å². The van der Waals surface area contributed by atoms with E-state index in [1.54, 1.807) is 12.2 Å². The number of allylic oxidation sites excluding steroid dienone is 2. The molecule has 3 rings (SSSR count). The van der Waals surface area contributed by atoms with Crippen molar-refractivity contribution in [3.05, 3.63) is 82.0 Å². The third kappa shape index (κ3) is 3.42. The Morgan fingerprint density at radius 2 is 1.83 bits per heavy atom. The number of hydrogen-bond donors (Lipinski definition) is 0. The standard InChI is InChI=1S/C18H11ClFNO2S/c19-14-11-13(9-10-15(14)20)21-17(22)16(24-18(21)23)8-4-7-12-5-2-1-3-6-12/h1-11H/b7-4+,16-8-. The van der Waals surface area contributed by atoms with Gasteiger partial charge in [-0.25, -0.2) is 9.29 Å². The number of carbonyl (C=O) groups is 2. The number of thioether (sulfide) groups is 1. The zero-order valence-electron chi connectivity index (χ0n) is 12.3. The van der Waals surface area contributed by atoms with Crippen molar-refractivity contribution >= 4 is 46.3 Å². The summed E-state index contributed by atoms with van der Waals surface area (Å²) in [7, 11) is 0. The number of benzene rings is 2. The SMILES string of the molecule is O=C1S/C(=C\C=C\c2ccccc2)C(=O)N1c1ccc(F)c(Cl)c1. The van der Waals surface area contributed by atoms with Gasteiger partial charge in [0.2, 0.25) is 0 Å². The van der Waals surface area contributed by atoms with Gasteiger partial charge in [-0.2, -0.15) is 0 Å². The van der Waals surface area contributed by atoms with Crippen LogP contribution in [-0.2, 0) is 4.79 Å². The van der Waals surface area contributed by atoms with E-state index in [2.05, 4.69) is 0 Å². The van der Waals surface area contributed by atoms with Crippen molar-refractivity contribution in [1.82, 2.24) is 0 Å². The van der Waals surface area contributed by atoms with Gasteiger partial charge in [-0.1, -0.05) is 54.1 Å². The Morgan fingerprint density at radius 3 is 2.54 bits per heavy atom. The fourth-order valence-corrected chi connectivity index (χ4v) is 3.11. The molecule has 120 valence electrons. The molecule has 6 heteroatoms. The summed E-state index contributed by atoms with van der Waals surface area (Å²) in [5.74, 6) is -1.06. The van der Waals surface area contributed by atoms with Crippen LogP contribution in [0.15, 0.2) is 65.6 Å². The van der Waals surface area contributed by atoms with Crippen LogP contribution in [0, 0.1) is 5.82 Å². The van der Waals surface area contributed by atoms with E-state index in [0.29, 0.717) is 4.91 Å². The number of amides is 2. The molecule has 24 heavy (non-hydrogen) atoms. The van der Waals surface area contributed by atoms with E-state index in [1.165, 1.54) is 12.1 Å². The highest BCUT2D eigenvalue weighted by atomic mass is 35.5. The van der Waals surface area contributed by atoms with E-state index in [-0.39, 0.29) is 10.7 Å². The second-order valence-corrected chi connectivity index (χ2v) is 6.31. The van der Waals surface area contributed by atoms with Gasteiger partial charge in [-0.3, -0.25) is 9.59 Å². The highest BCUT2D eigenvalue weighted by molar-refractivity contribution is 8.18. The normalized spacial score (nSPS) is 16.6. The number of rotatable bonds is 3. The van der Waals surface area contributed by atoms with Crippen LogP contribution in [0.1, 0.15) is 5.56 Å². The summed E-state index contributed by atoms with van der Waals surface area (Å²) in [4.78, 5) is 25.8. The van der Waals surface area contributed by atoms with Crippen molar-refractivity contribution in [1.29, 1.82) is 0 Å². The quantitative estimate of drug-likeness (QED) is 0.700. The Bertz CT molecular complexity index is 865. The van der Waals surface area contributed by atoms with Gasteiger partial charge in [-0.05, 0) is 41.6 Å². The fraction of sp³-hybridized carbons (Fsp3) is 0. The molecule has 2 aromatic rings. The molecule has 1 heterocycles. The van der Waals surface area contributed by atoms with Crippen molar-refractivity contribution in [3.8, 4) is 0 Å². The van der Waals surface area contributed by atoms with Crippen LogP contribution in [0.25, 0.3) is 6.08 Å². The molecule has 0 spiro atoms. The van der Waals surface area contributed by atoms with Crippen molar-refractivity contribution in [2.75, 3.05) is 4.90 Å². The zero-order chi connectivity index (χ0) is 17.1. The second kappa shape index (κ2) is 7.03. The van der Waals surface area contributed by atoms with Gasteiger partial charge in [0, 0.05) is 0 Å². The Balaban J connectivity index is 1.82. The van der Waals surface area contributed by atoms with Gasteiger partial charge < -0.3 is 0 Å². The van der Waals surface area contributed by atoms with E-state index >= 15 is 0 Å². The lowest BCUT2D eigenvalue weighted by Crippen LogP contribution is -2.27. The number of imide groups is 1. The Kier molecular flexibility index (Phi) is 4.83. The average molecular weight is 360 g/mol. The third-order valence-corrected chi connectivity index (χ3v) is 4.47. The Morgan fingerprint density at radius 1 is 1.08 bits per heavy atom. The molecule has 0 atom stereocenters. The van der Waals surface area contributed by atoms with Gasteiger partial charge >= 0.3 is 0 Å². The van der Waals surface area contributed by atoms with Crippen LogP contribution in [0.4, 0.5) is 14.9 Å². The predicted octanol–water partition coefficient (Wildman–Crippen LogP) is 5.28. The van der Waals surface area contributed by atoms with Gasteiger partial charge in [0.15, 0.2) is 0 Å². The summed E-state index contributed by atoms with van der Waals surface area (Å²) >= 11 is 6.55. The van der Waals surface area contributed by atoms with Crippen molar-refractivity contribution in [3.63, 3.8) is 0 Å². The number of halogens is 2. The maximum atomic E-state index is 13.2. The van der Waals surface area contributed by atoms with E-state index in [4.69, 9.17) is 11.6 Å². The topological polar surface area (TPSA) is 37.4 Å². The second-order valence-electron chi connectivity index (χ2n) is 4.91. The summed E-state index contributed by atoms with van der Waals surface area (Å²) in [5, 5.41) is -0.582. The number of anilines is 1. The first-order valence-corrected chi connectivity index (χ1v) is 8.20. The van der Waals surface area contributed by atoms with Gasteiger partial charge in [0.25, 0.3) is 11.1 Å². The minimum absolute atomic E-state index is 0.139. The van der Waals surface area contributed by atoms with E-state index in [0.717, 1.165) is 28.3 Å². The molecule has 0 saturated carbocycles. The molecule has 2 amide bonds. The molecule has 1 saturated heterocycles. The van der Waals surface area contributed by atoms with Crippen LogP contribution in [0.2, 0.25) is 5.02 Å². The molecule has 0 N–H and O–H groups in total. The van der Waals surface area contributed by atoms with Crippen LogP contribution in [0.3, 0.4) is 0 Å². The molecule has 1 fully saturated rings. The van der Waals surface area contributed by atoms with Gasteiger partial charge in [0.1, 0.15) is 5.82 Å². The number of hydrogen-bond acceptors (Lipinski definition) is 3. The van der Waals surface area contributed by atoms with Crippen molar-refractivity contribution in [2.24, 2.45) is 0 Å². The minimum atomic E-state index is -0.603. The minimum Gasteiger partial charge on any atom is -0.268 e. The van der Waals surface area contributed by atoms with Crippen LogP contribution < -0.4 is 4.90 Å². The smallest absolute Gasteiger partial charge is 0.268 e. The Hall–Kier alpha value is -2.37. The molecule has 0 radical (unpaired) electrons. The molecular weight excluding hydrogens is 349 g/mol. The lowest BCUT2D eigenvalue weighted by atomic mass is 10.2. The average Bonchev–Trinajstić information content (AvgIpc) is 2.85. The van der Waals surface area contributed by atoms with E-state index < -0.39 is 17.0 Å². The monoisotopic (exact) mass is 359 g/mol. The molecule has 1 aliphatic rings. The summed E-state index contributed by atoms with van der Waals surface area (Å²) in [5.41, 5.74) is 1.23. The highest BCUT2D eigenvalue weighted by Gasteiger charge is 2.36. The lowest BCUT2D eigenvalue weighted by molar-refractivity contribution is -0.113. The molecule has 0 unspecified atom stereocenters. The molecular formula is C18H11ClFNO2S. The zero-order valence-corrected chi connectivity index (χ0v) is 13.9. The predicted molar refractivity (Wildman–Crippen MR) is 95.4 cm³/mol.